The molecule has 1 heterocycles. The molecule has 3 aromatic rings. The Morgan fingerprint density at radius 3 is 2.35 bits per heavy atom. The molecule has 10 nitrogen and oxygen atoms in total. The Hall–Kier alpha value is -3.18. The number of methoxy groups -OCH3 is 3. The Morgan fingerprint density at radius 1 is 0.968 bits per heavy atom. The highest BCUT2D eigenvalue weighted by atomic mass is 32.2. The van der Waals surface area contributed by atoms with Gasteiger partial charge in [0.1, 0.15) is 10.6 Å². The maximum Gasteiger partial charge on any atom is 0.244 e. The molecule has 0 radical (unpaired) electrons. The summed E-state index contributed by atoms with van der Waals surface area (Å²) in [6, 6.07) is 10.3. The third kappa shape index (κ3) is 4.94. The van der Waals surface area contributed by atoms with Crippen LogP contribution in [0.3, 0.4) is 0 Å². The first kappa shape index (κ1) is 22.5. The van der Waals surface area contributed by atoms with Gasteiger partial charge in [-0.25, -0.2) is 17.8 Å². The van der Waals surface area contributed by atoms with Gasteiger partial charge in [0, 0.05) is 18.7 Å². The zero-order valence-corrected chi connectivity index (χ0v) is 18.6. The van der Waals surface area contributed by atoms with Crippen molar-refractivity contribution in [3.63, 3.8) is 0 Å². The number of nitrogens with zero attached hydrogens (tertiary/aromatic N) is 4. The fourth-order valence-electron chi connectivity index (χ4n) is 3.09. The molecule has 0 amide bonds. The lowest BCUT2D eigenvalue weighted by Crippen LogP contribution is -2.26. The molecule has 0 spiro atoms. The minimum atomic E-state index is -3.84. The van der Waals surface area contributed by atoms with E-state index in [2.05, 4.69) is 20.2 Å². The van der Waals surface area contributed by atoms with Gasteiger partial charge in [-0.3, -0.25) is 0 Å². The number of aromatic nitrogens is 4. The van der Waals surface area contributed by atoms with Gasteiger partial charge >= 0.3 is 0 Å². The van der Waals surface area contributed by atoms with Crippen LogP contribution < -0.4 is 18.9 Å². The van der Waals surface area contributed by atoms with Gasteiger partial charge in [-0.2, -0.15) is 0 Å². The molecule has 0 saturated heterocycles. The van der Waals surface area contributed by atoms with Crippen molar-refractivity contribution in [2.75, 3.05) is 27.9 Å². The van der Waals surface area contributed by atoms with Crippen molar-refractivity contribution in [1.29, 1.82) is 0 Å². The molecule has 3 rings (SSSR count). The maximum absolute atomic E-state index is 13.0. The number of sulfonamides is 1. The molecule has 0 unspecified atom stereocenters. The van der Waals surface area contributed by atoms with Crippen molar-refractivity contribution in [1.82, 2.24) is 24.9 Å². The van der Waals surface area contributed by atoms with Crippen molar-refractivity contribution < 1.29 is 22.6 Å². The maximum atomic E-state index is 13.0. The summed E-state index contributed by atoms with van der Waals surface area (Å²) >= 11 is 0. The average Bonchev–Trinajstić information content (AvgIpc) is 3.27. The summed E-state index contributed by atoms with van der Waals surface area (Å²) in [5, 5.41) is 11.5. The SMILES string of the molecule is CCn1nnnc1-c1ccc(OC)c(S(=O)(=O)NCCc2ccc(OC)c(OC)c2)c1. The Kier molecular flexibility index (Phi) is 7.08. The lowest BCUT2D eigenvalue weighted by molar-refractivity contribution is 0.354. The quantitative estimate of drug-likeness (QED) is 0.501. The molecule has 0 saturated carbocycles. The van der Waals surface area contributed by atoms with E-state index in [0.717, 1.165) is 5.56 Å². The molecule has 0 atom stereocenters. The number of benzene rings is 2. The molecule has 11 heteroatoms. The smallest absolute Gasteiger partial charge is 0.244 e. The molecule has 0 fully saturated rings. The average molecular weight is 448 g/mol. The van der Waals surface area contributed by atoms with E-state index < -0.39 is 10.0 Å². The molecule has 1 aromatic heterocycles. The molecule has 2 aromatic carbocycles. The molecule has 31 heavy (non-hydrogen) atoms. The summed E-state index contributed by atoms with van der Waals surface area (Å²) in [6.07, 6.45) is 0.468. The van der Waals surface area contributed by atoms with E-state index in [1.165, 1.54) is 13.2 Å². The fourth-order valence-corrected chi connectivity index (χ4v) is 4.32. The van der Waals surface area contributed by atoms with Gasteiger partial charge in [0.2, 0.25) is 10.0 Å². The monoisotopic (exact) mass is 447 g/mol. The molecule has 0 bridgehead atoms. The van der Waals surface area contributed by atoms with Crippen molar-refractivity contribution in [2.45, 2.75) is 24.8 Å². The molecule has 0 aliphatic heterocycles. The topological polar surface area (TPSA) is 117 Å². The molecule has 0 aliphatic rings. The van der Waals surface area contributed by atoms with Crippen molar-refractivity contribution in [2.24, 2.45) is 0 Å². The van der Waals surface area contributed by atoms with Crippen LogP contribution in [-0.2, 0) is 23.0 Å². The number of hydrogen-bond donors (Lipinski definition) is 1. The zero-order chi connectivity index (χ0) is 22.4. The molecule has 0 aliphatic carbocycles. The number of nitrogens with one attached hydrogen (secondary N) is 1. The van der Waals surface area contributed by atoms with Gasteiger partial charge < -0.3 is 14.2 Å². The fraction of sp³-hybridized carbons (Fsp3) is 0.350. The van der Waals surface area contributed by atoms with Gasteiger partial charge in [0.25, 0.3) is 0 Å². The van der Waals surface area contributed by atoms with E-state index >= 15 is 0 Å². The first-order chi connectivity index (χ1) is 14.9. The van der Waals surface area contributed by atoms with E-state index in [0.29, 0.717) is 35.9 Å². The van der Waals surface area contributed by atoms with Gasteiger partial charge in [0.05, 0.1) is 21.3 Å². The Morgan fingerprint density at radius 2 is 1.68 bits per heavy atom. The number of tetrazole rings is 1. The van der Waals surface area contributed by atoms with Crippen LogP contribution in [0.25, 0.3) is 11.4 Å². The second kappa shape index (κ2) is 9.75. The summed E-state index contributed by atoms with van der Waals surface area (Å²) in [5.41, 5.74) is 1.48. The largest absolute Gasteiger partial charge is 0.495 e. The highest BCUT2D eigenvalue weighted by Crippen LogP contribution is 2.29. The summed E-state index contributed by atoms with van der Waals surface area (Å²) in [7, 11) is 0.697. The highest BCUT2D eigenvalue weighted by molar-refractivity contribution is 7.89. The van der Waals surface area contributed by atoms with Crippen LogP contribution in [0.1, 0.15) is 12.5 Å². The van der Waals surface area contributed by atoms with Gasteiger partial charge in [-0.1, -0.05) is 6.07 Å². The minimum absolute atomic E-state index is 0.0189. The van der Waals surface area contributed by atoms with E-state index in [4.69, 9.17) is 14.2 Å². The number of aryl methyl sites for hydroxylation is 1. The molecule has 166 valence electrons. The first-order valence-corrected chi connectivity index (χ1v) is 11.1. The number of ether oxygens (including phenoxy) is 3. The van der Waals surface area contributed by atoms with Crippen molar-refractivity contribution in [3.8, 4) is 28.6 Å². The van der Waals surface area contributed by atoms with Crippen LogP contribution in [0.4, 0.5) is 0 Å². The summed E-state index contributed by atoms with van der Waals surface area (Å²) in [5.74, 6) is 1.92. The standard InChI is InChI=1S/C20H25N5O5S/c1-5-25-20(22-23-24-25)15-7-9-17(29-3)19(13-15)31(26,27)21-11-10-14-6-8-16(28-2)18(12-14)30-4/h6-9,12-13,21H,5,10-11H2,1-4H3. The minimum Gasteiger partial charge on any atom is -0.495 e. The third-order valence-electron chi connectivity index (χ3n) is 4.70. The summed E-state index contributed by atoms with van der Waals surface area (Å²) in [4.78, 5) is 0.0189. The highest BCUT2D eigenvalue weighted by Gasteiger charge is 2.21. The molecule has 1 N–H and O–H groups in total. The normalized spacial score (nSPS) is 11.4. The Balaban J connectivity index is 1.80. The number of rotatable bonds is 10. The summed E-state index contributed by atoms with van der Waals surface area (Å²) < 4.78 is 46.0. The lowest BCUT2D eigenvalue weighted by Gasteiger charge is -2.13. The molecular weight excluding hydrogens is 422 g/mol. The Labute approximate surface area is 181 Å². The predicted molar refractivity (Wildman–Crippen MR) is 114 cm³/mol. The van der Waals surface area contributed by atoms with Crippen LogP contribution in [0.2, 0.25) is 0 Å². The predicted octanol–water partition coefficient (Wildman–Crippen LogP) is 1.91. The van der Waals surface area contributed by atoms with Crippen LogP contribution in [0, 0.1) is 0 Å². The van der Waals surface area contributed by atoms with Crippen LogP contribution in [0.15, 0.2) is 41.3 Å². The van der Waals surface area contributed by atoms with Crippen LogP contribution >= 0.6 is 0 Å². The van der Waals surface area contributed by atoms with Crippen molar-refractivity contribution in [3.05, 3.63) is 42.0 Å². The van der Waals surface area contributed by atoms with Crippen LogP contribution in [-0.4, -0.2) is 56.5 Å². The van der Waals surface area contributed by atoms with Gasteiger partial charge in [0.15, 0.2) is 17.3 Å². The zero-order valence-electron chi connectivity index (χ0n) is 17.8. The van der Waals surface area contributed by atoms with E-state index in [9.17, 15) is 8.42 Å². The van der Waals surface area contributed by atoms with E-state index in [1.54, 1.807) is 37.1 Å². The molecular formula is C20H25N5O5S. The second-order valence-electron chi connectivity index (χ2n) is 6.52. The number of hydrogen-bond acceptors (Lipinski definition) is 8. The summed E-state index contributed by atoms with van der Waals surface area (Å²) in [6.45, 7) is 2.65. The van der Waals surface area contributed by atoms with Crippen molar-refractivity contribution >= 4 is 10.0 Å². The van der Waals surface area contributed by atoms with Gasteiger partial charge in [-0.15, -0.1) is 5.10 Å². The third-order valence-corrected chi connectivity index (χ3v) is 6.18. The Bertz CT molecular complexity index is 1150. The lowest BCUT2D eigenvalue weighted by atomic mass is 10.1. The second-order valence-corrected chi connectivity index (χ2v) is 8.26. The van der Waals surface area contributed by atoms with Crippen LogP contribution in [0.5, 0.6) is 17.2 Å². The first-order valence-electron chi connectivity index (χ1n) is 9.58. The van der Waals surface area contributed by atoms with E-state index in [1.807, 2.05) is 19.1 Å². The van der Waals surface area contributed by atoms with Gasteiger partial charge in [-0.05, 0) is 59.7 Å². The van der Waals surface area contributed by atoms with E-state index in [-0.39, 0.29) is 17.2 Å².